The molecule has 0 heterocycles. The Morgan fingerprint density at radius 3 is 2.46 bits per heavy atom. The van der Waals surface area contributed by atoms with Crippen molar-refractivity contribution in [2.45, 2.75) is 45.3 Å². The number of carbonyl (C=O) groups is 1. The molecular weight excluding hydrogens is 369 g/mol. The van der Waals surface area contributed by atoms with E-state index in [0.717, 1.165) is 37.8 Å². The maximum Gasteiger partial charge on any atom is 0.416 e. The summed E-state index contributed by atoms with van der Waals surface area (Å²) in [5.74, 6) is 0.601. The highest BCUT2D eigenvalue weighted by Gasteiger charge is 2.42. The minimum atomic E-state index is -4.37. The van der Waals surface area contributed by atoms with Gasteiger partial charge >= 0.3 is 6.18 Å². The first-order chi connectivity index (χ1) is 13.2. The Balaban J connectivity index is 2.09. The normalized spacial score (nSPS) is 16.7. The summed E-state index contributed by atoms with van der Waals surface area (Å²) in [6, 6.07) is 5.17. The van der Waals surface area contributed by atoms with Gasteiger partial charge in [0.25, 0.3) is 0 Å². The quantitative estimate of drug-likeness (QED) is 0.570. The molecule has 0 aromatic heterocycles. The number of halogens is 3. The molecule has 1 fully saturated rings. The number of guanidine groups is 1. The first-order valence-corrected chi connectivity index (χ1v) is 9.58. The zero-order valence-corrected chi connectivity index (χ0v) is 16.7. The summed E-state index contributed by atoms with van der Waals surface area (Å²) in [4.78, 5) is 18.7. The number of carbonyl (C=O) groups excluding carboxylic acids is 1. The average Bonchev–Trinajstić information content (AvgIpc) is 3.13. The fraction of sp³-hybridized carbons (Fsp3) is 0.600. The second kappa shape index (κ2) is 9.30. The third kappa shape index (κ3) is 5.62. The van der Waals surface area contributed by atoms with Gasteiger partial charge < -0.3 is 15.5 Å². The lowest BCUT2D eigenvalue weighted by atomic mass is 9.84. The van der Waals surface area contributed by atoms with Crippen LogP contribution in [-0.4, -0.2) is 44.0 Å². The van der Waals surface area contributed by atoms with Gasteiger partial charge in [-0.3, -0.25) is 4.79 Å². The number of amides is 1. The van der Waals surface area contributed by atoms with Crippen molar-refractivity contribution in [3.05, 3.63) is 35.4 Å². The van der Waals surface area contributed by atoms with E-state index < -0.39 is 17.2 Å². The Labute approximate surface area is 164 Å². The molecular formula is C20H29F3N4O. The third-order valence-corrected chi connectivity index (χ3v) is 5.03. The second-order valence-corrected chi connectivity index (χ2v) is 7.43. The molecule has 1 amide bonds. The van der Waals surface area contributed by atoms with Crippen molar-refractivity contribution in [1.82, 2.24) is 15.5 Å². The highest BCUT2D eigenvalue weighted by molar-refractivity contribution is 5.85. The maximum atomic E-state index is 12.9. The van der Waals surface area contributed by atoms with Crippen LogP contribution in [0.4, 0.5) is 13.2 Å². The monoisotopic (exact) mass is 398 g/mol. The van der Waals surface area contributed by atoms with Gasteiger partial charge in [0, 0.05) is 27.2 Å². The van der Waals surface area contributed by atoms with Crippen molar-refractivity contribution < 1.29 is 18.0 Å². The molecule has 0 unspecified atom stereocenters. The van der Waals surface area contributed by atoms with Gasteiger partial charge in [0.15, 0.2) is 5.96 Å². The molecule has 5 nitrogen and oxygen atoms in total. The van der Waals surface area contributed by atoms with E-state index in [1.165, 1.54) is 6.07 Å². The Kier molecular flexibility index (Phi) is 7.32. The fourth-order valence-corrected chi connectivity index (χ4v) is 3.60. The highest BCUT2D eigenvalue weighted by atomic mass is 19.4. The van der Waals surface area contributed by atoms with Gasteiger partial charge in [0.1, 0.15) is 0 Å². The summed E-state index contributed by atoms with van der Waals surface area (Å²) >= 11 is 0. The predicted molar refractivity (Wildman–Crippen MR) is 104 cm³/mol. The lowest BCUT2D eigenvalue weighted by Crippen LogP contribution is -2.49. The first kappa shape index (κ1) is 22.0. The van der Waals surface area contributed by atoms with Crippen LogP contribution in [0.15, 0.2) is 29.3 Å². The molecule has 1 saturated carbocycles. The second-order valence-electron chi connectivity index (χ2n) is 7.43. The Hall–Kier alpha value is -2.25. The molecule has 0 bridgehead atoms. The van der Waals surface area contributed by atoms with Crippen LogP contribution in [0.2, 0.25) is 0 Å². The maximum absolute atomic E-state index is 12.9. The van der Waals surface area contributed by atoms with E-state index in [2.05, 4.69) is 15.6 Å². The number of aliphatic imine (C=N–C) groups is 1. The lowest BCUT2D eigenvalue weighted by Gasteiger charge is -2.31. The molecule has 2 rings (SSSR count). The molecule has 0 atom stereocenters. The summed E-state index contributed by atoms with van der Waals surface area (Å²) in [6.45, 7) is 3.10. The van der Waals surface area contributed by atoms with Crippen molar-refractivity contribution in [1.29, 1.82) is 0 Å². The van der Waals surface area contributed by atoms with Gasteiger partial charge in [0.2, 0.25) is 5.91 Å². The largest absolute Gasteiger partial charge is 0.416 e. The Bertz CT molecular complexity index is 695. The summed E-state index contributed by atoms with van der Waals surface area (Å²) < 4.78 is 38.6. The van der Waals surface area contributed by atoms with Crippen LogP contribution in [0.25, 0.3) is 0 Å². The van der Waals surface area contributed by atoms with Gasteiger partial charge in [-0.2, -0.15) is 13.2 Å². The van der Waals surface area contributed by atoms with E-state index in [-0.39, 0.29) is 12.5 Å². The Morgan fingerprint density at radius 2 is 1.89 bits per heavy atom. The standard InChI is InChI=1S/C20H29F3N4O/c1-4-24-18(25-13-15-8-7-9-16(12-15)20(21,22)23)26-14-19(10-5-6-11-19)17(28)27(2)3/h7-9,12H,4-6,10-11,13-14H2,1-3H3,(H2,24,25,26). The molecule has 8 heteroatoms. The number of alkyl halides is 3. The zero-order valence-electron chi connectivity index (χ0n) is 16.7. The SMILES string of the molecule is CCNC(=NCc1cccc(C(F)(F)F)c1)NCC1(C(=O)N(C)C)CCCC1. The van der Waals surface area contributed by atoms with Crippen LogP contribution in [0, 0.1) is 5.41 Å². The Morgan fingerprint density at radius 1 is 1.21 bits per heavy atom. The molecule has 0 aliphatic heterocycles. The van der Waals surface area contributed by atoms with E-state index in [9.17, 15) is 18.0 Å². The average molecular weight is 398 g/mol. The molecule has 0 saturated heterocycles. The number of nitrogens with one attached hydrogen (secondary N) is 2. The first-order valence-electron chi connectivity index (χ1n) is 9.58. The molecule has 1 aliphatic carbocycles. The van der Waals surface area contributed by atoms with Crippen molar-refractivity contribution in [2.75, 3.05) is 27.2 Å². The molecule has 28 heavy (non-hydrogen) atoms. The fourth-order valence-electron chi connectivity index (χ4n) is 3.60. The van der Waals surface area contributed by atoms with Gasteiger partial charge in [-0.15, -0.1) is 0 Å². The minimum absolute atomic E-state index is 0.103. The van der Waals surface area contributed by atoms with Gasteiger partial charge in [-0.05, 0) is 37.5 Å². The van der Waals surface area contributed by atoms with Crippen LogP contribution < -0.4 is 10.6 Å². The van der Waals surface area contributed by atoms with Crippen LogP contribution >= 0.6 is 0 Å². The summed E-state index contributed by atoms with van der Waals surface area (Å²) in [6.07, 6.45) is -0.698. The molecule has 1 aromatic rings. The summed E-state index contributed by atoms with van der Waals surface area (Å²) in [7, 11) is 3.52. The van der Waals surface area contributed by atoms with Crippen molar-refractivity contribution in [2.24, 2.45) is 10.4 Å². The number of hydrogen-bond donors (Lipinski definition) is 2. The van der Waals surface area contributed by atoms with Crippen LogP contribution in [0.5, 0.6) is 0 Å². The molecule has 0 radical (unpaired) electrons. The number of hydrogen-bond acceptors (Lipinski definition) is 2. The molecule has 1 aliphatic rings. The van der Waals surface area contributed by atoms with Crippen LogP contribution in [-0.2, 0) is 17.5 Å². The molecule has 1 aromatic carbocycles. The predicted octanol–water partition coefficient (Wildman–Crippen LogP) is 3.41. The number of nitrogens with zero attached hydrogens (tertiary/aromatic N) is 2. The van der Waals surface area contributed by atoms with Gasteiger partial charge in [-0.1, -0.05) is 25.0 Å². The van der Waals surface area contributed by atoms with Crippen molar-refractivity contribution in [3.8, 4) is 0 Å². The molecule has 0 spiro atoms. The van der Waals surface area contributed by atoms with Gasteiger partial charge in [-0.25, -0.2) is 4.99 Å². The lowest BCUT2D eigenvalue weighted by molar-refractivity contribution is -0.139. The minimum Gasteiger partial charge on any atom is -0.357 e. The zero-order chi connectivity index (χ0) is 20.8. The van der Waals surface area contributed by atoms with Crippen molar-refractivity contribution >= 4 is 11.9 Å². The third-order valence-electron chi connectivity index (χ3n) is 5.03. The molecule has 2 N–H and O–H groups in total. The van der Waals surface area contributed by atoms with Crippen molar-refractivity contribution in [3.63, 3.8) is 0 Å². The summed E-state index contributed by atoms with van der Waals surface area (Å²) in [5.41, 5.74) is -0.651. The van der Waals surface area contributed by atoms with Crippen LogP contribution in [0.1, 0.15) is 43.7 Å². The van der Waals surface area contributed by atoms with E-state index >= 15 is 0 Å². The van der Waals surface area contributed by atoms with E-state index in [1.807, 2.05) is 6.92 Å². The molecule has 156 valence electrons. The summed E-state index contributed by atoms with van der Waals surface area (Å²) in [5, 5.41) is 6.32. The van der Waals surface area contributed by atoms with E-state index in [1.54, 1.807) is 25.1 Å². The smallest absolute Gasteiger partial charge is 0.357 e. The topological polar surface area (TPSA) is 56.7 Å². The van der Waals surface area contributed by atoms with E-state index in [0.29, 0.717) is 24.6 Å². The number of rotatable bonds is 6. The number of benzene rings is 1. The van der Waals surface area contributed by atoms with E-state index in [4.69, 9.17) is 0 Å². The van der Waals surface area contributed by atoms with Gasteiger partial charge in [0.05, 0.1) is 17.5 Å². The van der Waals surface area contributed by atoms with Crippen LogP contribution in [0.3, 0.4) is 0 Å². The highest BCUT2D eigenvalue weighted by Crippen LogP contribution is 2.38.